The molecule has 3 rings (SSSR count). The van der Waals surface area contributed by atoms with Gasteiger partial charge in [0.05, 0.1) is 12.8 Å². The van der Waals surface area contributed by atoms with E-state index in [0.717, 1.165) is 27.8 Å². The number of aromatic nitrogens is 1. The van der Waals surface area contributed by atoms with Crippen LogP contribution in [-0.4, -0.2) is 12.1 Å². The number of hydrogen-bond donors (Lipinski definition) is 1. The fraction of sp³-hybridized carbons (Fsp3) is 0.118. The molecule has 0 atom stereocenters. The molecule has 0 amide bonds. The van der Waals surface area contributed by atoms with Crippen LogP contribution in [0.4, 0.5) is 5.82 Å². The number of benzene rings is 2. The molecular formula is C17H16N2O. The van der Waals surface area contributed by atoms with Crippen molar-refractivity contribution in [2.24, 2.45) is 0 Å². The van der Waals surface area contributed by atoms with Gasteiger partial charge in [-0.2, -0.15) is 0 Å². The average molecular weight is 264 g/mol. The number of rotatable bonds is 2. The highest BCUT2D eigenvalue weighted by Crippen LogP contribution is 2.32. The van der Waals surface area contributed by atoms with Gasteiger partial charge in [-0.15, -0.1) is 0 Å². The predicted molar refractivity (Wildman–Crippen MR) is 82.9 cm³/mol. The molecule has 20 heavy (non-hydrogen) atoms. The van der Waals surface area contributed by atoms with Crippen LogP contribution in [-0.2, 0) is 0 Å². The summed E-state index contributed by atoms with van der Waals surface area (Å²) in [6, 6.07) is 16.1. The molecule has 1 aromatic heterocycles. The third-order valence-corrected chi connectivity index (χ3v) is 3.40. The second kappa shape index (κ2) is 4.85. The first-order valence-electron chi connectivity index (χ1n) is 6.49. The molecular weight excluding hydrogens is 248 g/mol. The van der Waals surface area contributed by atoms with Crippen molar-refractivity contribution >= 4 is 16.6 Å². The standard InChI is InChI=1S/C17H16N2O/c1-11-7-8-12-10-15(19-17(18)14(12)9-11)13-5-3-4-6-16(13)20-2/h3-10H,1-2H3,(H2,18,19). The highest BCUT2D eigenvalue weighted by Gasteiger charge is 2.09. The maximum atomic E-state index is 6.10. The van der Waals surface area contributed by atoms with Crippen LogP contribution in [0.15, 0.2) is 48.5 Å². The van der Waals surface area contributed by atoms with Crippen molar-refractivity contribution in [3.8, 4) is 17.0 Å². The molecule has 1 heterocycles. The highest BCUT2D eigenvalue weighted by atomic mass is 16.5. The van der Waals surface area contributed by atoms with Crippen LogP contribution in [0.25, 0.3) is 22.0 Å². The Morgan fingerprint density at radius 1 is 1.05 bits per heavy atom. The fourth-order valence-corrected chi connectivity index (χ4v) is 2.38. The first kappa shape index (κ1) is 12.5. The van der Waals surface area contributed by atoms with Gasteiger partial charge in [0.15, 0.2) is 0 Å². The zero-order valence-electron chi connectivity index (χ0n) is 11.6. The van der Waals surface area contributed by atoms with Crippen molar-refractivity contribution in [1.82, 2.24) is 4.98 Å². The zero-order valence-corrected chi connectivity index (χ0v) is 11.6. The third kappa shape index (κ3) is 2.07. The summed E-state index contributed by atoms with van der Waals surface area (Å²) in [5.74, 6) is 1.35. The van der Waals surface area contributed by atoms with E-state index >= 15 is 0 Å². The van der Waals surface area contributed by atoms with Crippen LogP contribution in [0.3, 0.4) is 0 Å². The Bertz CT molecular complexity index is 781. The molecule has 3 heteroatoms. The number of para-hydroxylation sites is 1. The summed E-state index contributed by atoms with van der Waals surface area (Å²) in [6.07, 6.45) is 0. The van der Waals surface area contributed by atoms with Crippen molar-refractivity contribution in [1.29, 1.82) is 0 Å². The third-order valence-electron chi connectivity index (χ3n) is 3.40. The maximum absolute atomic E-state index is 6.10. The van der Waals surface area contributed by atoms with E-state index in [-0.39, 0.29) is 0 Å². The van der Waals surface area contributed by atoms with Gasteiger partial charge >= 0.3 is 0 Å². The Labute approximate surface area is 118 Å². The number of hydrogen-bond acceptors (Lipinski definition) is 3. The molecule has 2 N–H and O–H groups in total. The molecule has 0 bridgehead atoms. The molecule has 100 valence electrons. The molecule has 0 aliphatic heterocycles. The molecule has 3 nitrogen and oxygen atoms in total. The number of nitrogens with zero attached hydrogens (tertiary/aromatic N) is 1. The van der Waals surface area contributed by atoms with Gasteiger partial charge in [-0.05, 0) is 36.6 Å². The first-order chi connectivity index (χ1) is 9.69. The van der Waals surface area contributed by atoms with Crippen molar-refractivity contribution in [2.75, 3.05) is 12.8 Å². The molecule has 0 spiro atoms. The maximum Gasteiger partial charge on any atom is 0.131 e. The van der Waals surface area contributed by atoms with E-state index in [9.17, 15) is 0 Å². The summed E-state index contributed by atoms with van der Waals surface area (Å²) in [7, 11) is 1.66. The number of fused-ring (bicyclic) bond motifs is 1. The van der Waals surface area contributed by atoms with Crippen molar-refractivity contribution < 1.29 is 4.74 Å². The van der Waals surface area contributed by atoms with Crippen LogP contribution in [0, 0.1) is 6.92 Å². The fourth-order valence-electron chi connectivity index (χ4n) is 2.38. The summed E-state index contributed by atoms with van der Waals surface area (Å²) in [5.41, 5.74) is 9.06. The lowest BCUT2D eigenvalue weighted by atomic mass is 10.0. The predicted octanol–water partition coefficient (Wildman–Crippen LogP) is 3.80. The molecule has 0 saturated heterocycles. The topological polar surface area (TPSA) is 48.1 Å². The number of methoxy groups -OCH3 is 1. The number of nitrogen functional groups attached to an aromatic ring is 1. The van der Waals surface area contributed by atoms with Gasteiger partial charge in [0.2, 0.25) is 0 Å². The van der Waals surface area contributed by atoms with Crippen LogP contribution in [0.5, 0.6) is 5.75 Å². The number of pyridine rings is 1. The molecule has 0 unspecified atom stereocenters. The molecule has 0 fully saturated rings. The first-order valence-corrected chi connectivity index (χ1v) is 6.49. The smallest absolute Gasteiger partial charge is 0.131 e. The minimum atomic E-state index is 0.548. The van der Waals surface area contributed by atoms with Crippen LogP contribution in [0.2, 0.25) is 0 Å². The number of ether oxygens (including phenoxy) is 1. The Hall–Kier alpha value is -2.55. The van der Waals surface area contributed by atoms with Crippen LogP contribution >= 0.6 is 0 Å². The molecule has 0 radical (unpaired) electrons. The van der Waals surface area contributed by atoms with Crippen molar-refractivity contribution in [3.63, 3.8) is 0 Å². The summed E-state index contributed by atoms with van der Waals surface area (Å²) in [4.78, 5) is 4.52. The Kier molecular flexibility index (Phi) is 3.03. The lowest BCUT2D eigenvalue weighted by molar-refractivity contribution is 0.416. The SMILES string of the molecule is COc1ccccc1-c1cc2ccc(C)cc2c(N)n1. The van der Waals surface area contributed by atoms with E-state index in [1.165, 1.54) is 5.56 Å². The minimum Gasteiger partial charge on any atom is -0.496 e. The molecule has 0 aliphatic carbocycles. The van der Waals surface area contributed by atoms with Gasteiger partial charge in [-0.1, -0.05) is 29.8 Å². The van der Waals surface area contributed by atoms with Gasteiger partial charge in [0.1, 0.15) is 11.6 Å². The van der Waals surface area contributed by atoms with Crippen LogP contribution < -0.4 is 10.5 Å². The Morgan fingerprint density at radius 3 is 2.65 bits per heavy atom. The molecule has 2 aromatic carbocycles. The van der Waals surface area contributed by atoms with E-state index in [4.69, 9.17) is 10.5 Å². The van der Waals surface area contributed by atoms with E-state index in [0.29, 0.717) is 5.82 Å². The van der Waals surface area contributed by atoms with E-state index < -0.39 is 0 Å². The Morgan fingerprint density at radius 2 is 1.85 bits per heavy atom. The second-order valence-corrected chi connectivity index (χ2v) is 4.82. The van der Waals surface area contributed by atoms with Gasteiger partial charge < -0.3 is 10.5 Å². The van der Waals surface area contributed by atoms with E-state index in [1.54, 1.807) is 7.11 Å². The number of nitrogens with two attached hydrogens (primary N) is 1. The summed E-state index contributed by atoms with van der Waals surface area (Å²) in [6.45, 7) is 2.05. The lowest BCUT2D eigenvalue weighted by Gasteiger charge is -2.10. The summed E-state index contributed by atoms with van der Waals surface area (Å²) in [5, 5.41) is 2.08. The number of aryl methyl sites for hydroxylation is 1. The van der Waals surface area contributed by atoms with Crippen molar-refractivity contribution in [2.45, 2.75) is 6.92 Å². The summed E-state index contributed by atoms with van der Waals surface area (Å²) < 4.78 is 5.39. The van der Waals surface area contributed by atoms with Gasteiger partial charge in [-0.3, -0.25) is 0 Å². The van der Waals surface area contributed by atoms with Crippen molar-refractivity contribution in [3.05, 3.63) is 54.1 Å². The second-order valence-electron chi connectivity index (χ2n) is 4.82. The molecule has 0 aliphatic rings. The normalized spacial score (nSPS) is 10.7. The highest BCUT2D eigenvalue weighted by molar-refractivity contribution is 5.94. The van der Waals surface area contributed by atoms with Gasteiger partial charge in [0, 0.05) is 10.9 Å². The monoisotopic (exact) mass is 264 g/mol. The minimum absolute atomic E-state index is 0.548. The average Bonchev–Trinajstić information content (AvgIpc) is 2.47. The summed E-state index contributed by atoms with van der Waals surface area (Å²) >= 11 is 0. The molecule has 3 aromatic rings. The number of anilines is 1. The zero-order chi connectivity index (χ0) is 14.1. The van der Waals surface area contributed by atoms with E-state index in [2.05, 4.69) is 23.2 Å². The van der Waals surface area contributed by atoms with Gasteiger partial charge in [-0.25, -0.2) is 4.98 Å². The van der Waals surface area contributed by atoms with Gasteiger partial charge in [0.25, 0.3) is 0 Å². The van der Waals surface area contributed by atoms with Crippen LogP contribution in [0.1, 0.15) is 5.56 Å². The lowest BCUT2D eigenvalue weighted by Crippen LogP contribution is -1.96. The largest absolute Gasteiger partial charge is 0.496 e. The quantitative estimate of drug-likeness (QED) is 0.765. The molecule has 0 saturated carbocycles. The Balaban J connectivity index is 2.25. The van der Waals surface area contributed by atoms with E-state index in [1.807, 2.05) is 37.3 Å².